The van der Waals surface area contributed by atoms with Gasteiger partial charge in [-0.15, -0.1) is 12.4 Å². The Morgan fingerprint density at radius 1 is 1.00 bits per heavy atom. The molecular formula is C11H19ClN2. The van der Waals surface area contributed by atoms with E-state index in [4.69, 9.17) is 0 Å². The van der Waals surface area contributed by atoms with Crippen LogP contribution in [-0.2, 0) is 0 Å². The molecule has 0 bridgehead atoms. The molecule has 0 amide bonds. The quantitative estimate of drug-likeness (QED) is 0.769. The first-order valence-corrected chi connectivity index (χ1v) is 4.81. The maximum Gasteiger partial charge on any atom is 0.0401 e. The van der Waals surface area contributed by atoms with Crippen LogP contribution in [0.25, 0.3) is 0 Å². The van der Waals surface area contributed by atoms with Crippen LogP contribution < -0.4 is 4.90 Å². The topological polar surface area (TPSA) is 16.1 Å². The molecule has 1 heterocycles. The lowest BCUT2D eigenvalue weighted by Crippen LogP contribution is -2.36. The molecule has 1 aromatic rings. The smallest absolute Gasteiger partial charge is 0.0401 e. The van der Waals surface area contributed by atoms with Gasteiger partial charge in [0.15, 0.2) is 0 Å². The van der Waals surface area contributed by atoms with Crippen molar-refractivity contribution < 1.29 is 0 Å². The highest BCUT2D eigenvalue weighted by atomic mass is 35.5. The third-order valence-electron chi connectivity index (χ3n) is 2.07. The fourth-order valence-corrected chi connectivity index (χ4v) is 1.71. The van der Waals surface area contributed by atoms with Gasteiger partial charge in [0, 0.05) is 30.2 Å². The Kier molecular flexibility index (Phi) is 5.55. The first-order chi connectivity index (χ1) is 6.13. The van der Waals surface area contributed by atoms with Crippen LogP contribution in [0.4, 0.5) is 5.69 Å². The molecule has 1 rings (SSSR count). The summed E-state index contributed by atoms with van der Waals surface area (Å²) in [7, 11) is 0. The maximum absolute atomic E-state index is 4.02. The van der Waals surface area contributed by atoms with Crippen molar-refractivity contribution in [3.8, 4) is 0 Å². The minimum atomic E-state index is 0. The van der Waals surface area contributed by atoms with Crippen molar-refractivity contribution >= 4 is 18.1 Å². The third kappa shape index (κ3) is 3.18. The minimum Gasteiger partial charge on any atom is -0.367 e. The molecule has 0 fully saturated rings. The van der Waals surface area contributed by atoms with Crippen molar-refractivity contribution in [3.05, 3.63) is 24.5 Å². The second-order valence-electron chi connectivity index (χ2n) is 3.80. The van der Waals surface area contributed by atoms with E-state index in [1.54, 1.807) is 0 Å². The molecule has 0 atom stereocenters. The monoisotopic (exact) mass is 214 g/mol. The van der Waals surface area contributed by atoms with Gasteiger partial charge in [-0.2, -0.15) is 0 Å². The van der Waals surface area contributed by atoms with Crippen LogP contribution in [0, 0.1) is 0 Å². The van der Waals surface area contributed by atoms with Gasteiger partial charge in [0.05, 0.1) is 0 Å². The Balaban J connectivity index is 0.00000169. The average Bonchev–Trinajstić information content (AvgIpc) is 2.04. The molecule has 0 unspecified atom stereocenters. The van der Waals surface area contributed by atoms with Crippen molar-refractivity contribution in [2.75, 3.05) is 4.90 Å². The van der Waals surface area contributed by atoms with Crippen LogP contribution in [0.5, 0.6) is 0 Å². The number of aromatic nitrogens is 1. The normalized spacial score (nSPS) is 10.1. The predicted octanol–water partition coefficient (Wildman–Crippen LogP) is 3.13. The van der Waals surface area contributed by atoms with Gasteiger partial charge >= 0.3 is 0 Å². The number of rotatable bonds is 3. The lowest BCUT2D eigenvalue weighted by atomic mass is 10.2. The van der Waals surface area contributed by atoms with E-state index in [0.29, 0.717) is 12.1 Å². The fourth-order valence-electron chi connectivity index (χ4n) is 1.71. The number of anilines is 1. The van der Waals surface area contributed by atoms with E-state index in [0.717, 1.165) is 0 Å². The molecule has 3 heteroatoms. The number of pyridine rings is 1. The Morgan fingerprint density at radius 3 is 1.79 bits per heavy atom. The largest absolute Gasteiger partial charge is 0.367 e. The van der Waals surface area contributed by atoms with Gasteiger partial charge in [0.2, 0.25) is 0 Å². The fraction of sp³-hybridized carbons (Fsp3) is 0.545. The lowest BCUT2D eigenvalue weighted by molar-refractivity contribution is 0.608. The van der Waals surface area contributed by atoms with Gasteiger partial charge in [0.1, 0.15) is 0 Å². The molecule has 0 spiro atoms. The maximum atomic E-state index is 4.02. The summed E-state index contributed by atoms with van der Waals surface area (Å²) >= 11 is 0. The summed E-state index contributed by atoms with van der Waals surface area (Å²) in [6.07, 6.45) is 3.68. The minimum absolute atomic E-state index is 0. The summed E-state index contributed by atoms with van der Waals surface area (Å²) in [6, 6.07) is 5.17. The number of nitrogens with zero attached hydrogens (tertiary/aromatic N) is 2. The number of hydrogen-bond acceptors (Lipinski definition) is 2. The predicted molar refractivity (Wildman–Crippen MR) is 64.2 cm³/mol. The molecule has 80 valence electrons. The SMILES string of the molecule is CC(C)N(c1ccncc1)C(C)C.Cl. The van der Waals surface area contributed by atoms with Crippen LogP contribution in [0.3, 0.4) is 0 Å². The van der Waals surface area contributed by atoms with Gasteiger partial charge in [-0.1, -0.05) is 0 Å². The number of halogens is 1. The zero-order chi connectivity index (χ0) is 9.84. The summed E-state index contributed by atoms with van der Waals surface area (Å²) < 4.78 is 0. The molecule has 0 N–H and O–H groups in total. The number of hydrogen-bond donors (Lipinski definition) is 0. The van der Waals surface area contributed by atoms with Gasteiger partial charge in [-0.05, 0) is 39.8 Å². The van der Waals surface area contributed by atoms with E-state index >= 15 is 0 Å². The average molecular weight is 215 g/mol. The van der Waals surface area contributed by atoms with Gasteiger partial charge < -0.3 is 4.90 Å². The second kappa shape index (κ2) is 5.86. The molecule has 2 nitrogen and oxygen atoms in total. The van der Waals surface area contributed by atoms with Crippen molar-refractivity contribution in [1.29, 1.82) is 0 Å². The Hall–Kier alpha value is -0.760. The second-order valence-corrected chi connectivity index (χ2v) is 3.80. The molecule has 1 aromatic heterocycles. The molecule has 0 aromatic carbocycles. The van der Waals surface area contributed by atoms with E-state index in [1.807, 2.05) is 12.4 Å². The van der Waals surface area contributed by atoms with E-state index < -0.39 is 0 Å². The van der Waals surface area contributed by atoms with Crippen molar-refractivity contribution in [3.63, 3.8) is 0 Å². The Bertz CT molecular complexity index is 239. The third-order valence-corrected chi connectivity index (χ3v) is 2.07. The summed E-state index contributed by atoms with van der Waals surface area (Å²) in [5.74, 6) is 0. The van der Waals surface area contributed by atoms with Gasteiger partial charge in [0.25, 0.3) is 0 Å². The van der Waals surface area contributed by atoms with E-state index in [-0.39, 0.29) is 12.4 Å². The summed E-state index contributed by atoms with van der Waals surface area (Å²) in [6.45, 7) is 8.84. The van der Waals surface area contributed by atoms with Crippen molar-refractivity contribution in [1.82, 2.24) is 4.98 Å². The molecule has 0 saturated heterocycles. The first-order valence-electron chi connectivity index (χ1n) is 4.81. The summed E-state index contributed by atoms with van der Waals surface area (Å²) in [5.41, 5.74) is 1.25. The molecular weight excluding hydrogens is 196 g/mol. The Labute approximate surface area is 92.8 Å². The molecule has 0 radical (unpaired) electrons. The van der Waals surface area contributed by atoms with E-state index in [2.05, 4.69) is 49.7 Å². The van der Waals surface area contributed by atoms with Crippen LogP contribution in [0.2, 0.25) is 0 Å². The van der Waals surface area contributed by atoms with Crippen LogP contribution in [0.15, 0.2) is 24.5 Å². The Morgan fingerprint density at radius 2 is 1.43 bits per heavy atom. The zero-order valence-corrected chi connectivity index (χ0v) is 10.1. The van der Waals surface area contributed by atoms with Crippen LogP contribution in [-0.4, -0.2) is 17.1 Å². The molecule has 0 aliphatic carbocycles. The molecule has 0 saturated carbocycles. The van der Waals surface area contributed by atoms with E-state index in [9.17, 15) is 0 Å². The summed E-state index contributed by atoms with van der Waals surface area (Å²) in [5, 5.41) is 0. The molecule has 14 heavy (non-hydrogen) atoms. The highest BCUT2D eigenvalue weighted by Gasteiger charge is 2.12. The van der Waals surface area contributed by atoms with Crippen molar-refractivity contribution in [2.24, 2.45) is 0 Å². The standard InChI is InChI=1S/C11H18N2.ClH/c1-9(2)13(10(3)4)11-5-7-12-8-6-11;/h5-10H,1-4H3;1H. The van der Waals surface area contributed by atoms with Gasteiger partial charge in [-0.3, -0.25) is 4.98 Å². The summed E-state index contributed by atoms with van der Waals surface area (Å²) in [4.78, 5) is 6.40. The van der Waals surface area contributed by atoms with Crippen LogP contribution >= 0.6 is 12.4 Å². The lowest BCUT2D eigenvalue weighted by Gasteiger charge is -2.32. The first kappa shape index (κ1) is 13.2. The van der Waals surface area contributed by atoms with Gasteiger partial charge in [-0.25, -0.2) is 0 Å². The zero-order valence-electron chi connectivity index (χ0n) is 9.27. The highest BCUT2D eigenvalue weighted by molar-refractivity contribution is 5.85. The highest BCUT2D eigenvalue weighted by Crippen LogP contribution is 2.18. The van der Waals surface area contributed by atoms with Crippen LogP contribution in [0.1, 0.15) is 27.7 Å². The molecule has 0 aliphatic heterocycles. The molecule has 0 aliphatic rings. The van der Waals surface area contributed by atoms with Crippen molar-refractivity contribution in [2.45, 2.75) is 39.8 Å². The van der Waals surface area contributed by atoms with E-state index in [1.165, 1.54) is 5.69 Å².